The van der Waals surface area contributed by atoms with Gasteiger partial charge in [-0.05, 0) is 0 Å². The molecule has 0 saturated carbocycles. The molecule has 0 unspecified atom stereocenters. The molecular weight excluding hydrogens is 292 g/mol. The van der Waals surface area contributed by atoms with Crippen LogP contribution < -0.4 is 5.56 Å². The van der Waals surface area contributed by atoms with Crippen LogP contribution in [0.25, 0.3) is 0 Å². The monoisotopic (exact) mass is 300 g/mol. The van der Waals surface area contributed by atoms with Crippen LogP contribution in [0, 0.1) is 0 Å². The molecule has 0 aromatic carbocycles. The van der Waals surface area contributed by atoms with E-state index in [9.17, 15) is 27.2 Å². The van der Waals surface area contributed by atoms with Gasteiger partial charge in [0.05, 0.1) is 12.3 Å². The molecule has 19 heavy (non-hydrogen) atoms. The van der Waals surface area contributed by atoms with Crippen LogP contribution in [0.4, 0.5) is 17.6 Å². The van der Waals surface area contributed by atoms with Crippen molar-refractivity contribution in [2.45, 2.75) is 24.0 Å². The number of halogens is 4. The minimum atomic E-state index is -4.30. The summed E-state index contributed by atoms with van der Waals surface area (Å²) in [5.74, 6) is -6.08. The standard InChI is InChI=1S/C9H8F4N2O3S/c10-7(11)9(12,13)4-15-2-1-5(16)14-8(15)19-3-6(17)18/h1-2,7H,3-4H2,(H,17,18). The number of alkyl halides is 4. The highest BCUT2D eigenvalue weighted by atomic mass is 32.2. The molecule has 1 aromatic rings. The van der Waals surface area contributed by atoms with E-state index in [1.165, 1.54) is 0 Å². The molecule has 0 aliphatic heterocycles. The largest absolute Gasteiger partial charge is 0.481 e. The van der Waals surface area contributed by atoms with E-state index < -0.39 is 36.2 Å². The van der Waals surface area contributed by atoms with Crippen molar-refractivity contribution in [3.05, 3.63) is 22.6 Å². The number of carboxylic acid groups (broad SMARTS) is 1. The number of hydrogen-bond acceptors (Lipinski definition) is 4. The predicted octanol–water partition coefficient (Wildman–Crippen LogP) is 1.32. The molecular formula is C9H8F4N2O3S. The molecule has 1 aromatic heterocycles. The molecule has 0 atom stereocenters. The Labute approximate surface area is 108 Å². The third-order valence-corrected chi connectivity index (χ3v) is 2.85. The molecule has 0 bridgehead atoms. The van der Waals surface area contributed by atoms with Crippen LogP contribution in [0.2, 0.25) is 0 Å². The summed E-state index contributed by atoms with van der Waals surface area (Å²) < 4.78 is 50.6. The maximum absolute atomic E-state index is 12.9. The van der Waals surface area contributed by atoms with Gasteiger partial charge in [-0.3, -0.25) is 9.59 Å². The fourth-order valence-corrected chi connectivity index (χ4v) is 1.77. The number of hydrogen-bond donors (Lipinski definition) is 1. The molecule has 1 N–H and O–H groups in total. The first-order valence-corrected chi connectivity index (χ1v) is 5.79. The number of carbonyl (C=O) groups is 1. The molecule has 106 valence electrons. The van der Waals surface area contributed by atoms with Crippen molar-refractivity contribution in [1.29, 1.82) is 0 Å². The van der Waals surface area contributed by atoms with Crippen LogP contribution in [0.5, 0.6) is 0 Å². The van der Waals surface area contributed by atoms with Crippen molar-refractivity contribution in [3.63, 3.8) is 0 Å². The molecule has 0 aliphatic carbocycles. The lowest BCUT2D eigenvalue weighted by molar-refractivity contribution is -0.139. The summed E-state index contributed by atoms with van der Waals surface area (Å²) in [6, 6.07) is 0.826. The summed E-state index contributed by atoms with van der Waals surface area (Å²) in [6.45, 7) is -1.39. The number of nitrogens with zero attached hydrogens (tertiary/aromatic N) is 2. The third kappa shape index (κ3) is 4.54. The first-order chi connectivity index (χ1) is 8.72. The Hall–Kier alpha value is -1.58. The zero-order valence-corrected chi connectivity index (χ0v) is 10.0. The van der Waals surface area contributed by atoms with E-state index in [-0.39, 0.29) is 5.16 Å². The SMILES string of the molecule is O=C(O)CSc1nc(=O)ccn1CC(F)(F)C(F)F. The third-order valence-electron chi connectivity index (χ3n) is 1.87. The van der Waals surface area contributed by atoms with E-state index in [4.69, 9.17) is 5.11 Å². The quantitative estimate of drug-likeness (QED) is 0.487. The van der Waals surface area contributed by atoms with Crippen LogP contribution in [0.15, 0.2) is 22.2 Å². The van der Waals surface area contributed by atoms with E-state index in [1.807, 2.05) is 0 Å². The summed E-state index contributed by atoms with van der Waals surface area (Å²) in [5, 5.41) is 8.10. The molecule has 0 amide bonds. The lowest BCUT2D eigenvalue weighted by atomic mass is 10.3. The number of rotatable bonds is 6. The minimum absolute atomic E-state index is 0.352. The fraction of sp³-hybridized carbons (Fsp3) is 0.444. The normalized spacial score (nSPS) is 11.8. The number of thioether (sulfide) groups is 1. The highest BCUT2D eigenvalue weighted by molar-refractivity contribution is 7.99. The zero-order chi connectivity index (χ0) is 14.6. The van der Waals surface area contributed by atoms with Crippen molar-refractivity contribution in [2.75, 3.05) is 5.75 Å². The van der Waals surface area contributed by atoms with Crippen molar-refractivity contribution < 1.29 is 27.5 Å². The Bertz CT molecular complexity index is 520. The Morgan fingerprint density at radius 1 is 1.53 bits per heavy atom. The average Bonchev–Trinajstić information content (AvgIpc) is 2.29. The van der Waals surface area contributed by atoms with E-state index in [0.29, 0.717) is 16.3 Å². The second-order valence-corrected chi connectivity index (χ2v) is 4.36. The van der Waals surface area contributed by atoms with Gasteiger partial charge < -0.3 is 9.67 Å². The maximum Gasteiger partial charge on any atom is 0.324 e. The van der Waals surface area contributed by atoms with Gasteiger partial charge in [0.15, 0.2) is 5.16 Å². The van der Waals surface area contributed by atoms with E-state index in [2.05, 4.69) is 4.98 Å². The van der Waals surface area contributed by atoms with Crippen molar-refractivity contribution >= 4 is 17.7 Å². The van der Waals surface area contributed by atoms with Gasteiger partial charge in [0, 0.05) is 12.3 Å². The molecule has 0 fully saturated rings. The van der Waals surface area contributed by atoms with Crippen molar-refractivity contribution in [1.82, 2.24) is 9.55 Å². The highest BCUT2D eigenvalue weighted by Gasteiger charge is 2.41. The van der Waals surface area contributed by atoms with Crippen molar-refractivity contribution in [3.8, 4) is 0 Å². The van der Waals surface area contributed by atoms with Crippen LogP contribution in [-0.2, 0) is 11.3 Å². The van der Waals surface area contributed by atoms with Gasteiger partial charge in [-0.1, -0.05) is 11.8 Å². The number of carboxylic acids is 1. The van der Waals surface area contributed by atoms with Gasteiger partial charge in [0.25, 0.3) is 5.56 Å². The van der Waals surface area contributed by atoms with Crippen LogP contribution in [-0.4, -0.2) is 38.7 Å². The maximum atomic E-state index is 12.9. The van der Waals surface area contributed by atoms with E-state index in [0.717, 1.165) is 12.3 Å². The predicted molar refractivity (Wildman–Crippen MR) is 57.8 cm³/mol. The molecule has 1 rings (SSSR count). The Balaban J connectivity index is 2.99. The Morgan fingerprint density at radius 3 is 2.68 bits per heavy atom. The minimum Gasteiger partial charge on any atom is -0.481 e. The fourth-order valence-electron chi connectivity index (χ4n) is 1.07. The van der Waals surface area contributed by atoms with E-state index >= 15 is 0 Å². The molecule has 0 aliphatic rings. The smallest absolute Gasteiger partial charge is 0.324 e. The van der Waals surface area contributed by atoms with Crippen molar-refractivity contribution in [2.24, 2.45) is 0 Å². The van der Waals surface area contributed by atoms with Gasteiger partial charge in [0.2, 0.25) is 0 Å². The summed E-state index contributed by atoms with van der Waals surface area (Å²) >= 11 is 0.496. The molecule has 1 heterocycles. The average molecular weight is 300 g/mol. The van der Waals surface area contributed by atoms with E-state index in [1.54, 1.807) is 0 Å². The molecule has 5 nitrogen and oxygen atoms in total. The second-order valence-electron chi connectivity index (χ2n) is 3.42. The first kappa shape index (κ1) is 15.5. The highest BCUT2D eigenvalue weighted by Crippen LogP contribution is 2.26. The van der Waals surface area contributed by atoms with Crippen LogP contribution in [0.3, 0.4) is 0 Å². The lowest BCUT2D eigenvalue weighted by Crippen LogP contribution is -2.33. The van der Waals surface area contributed by atoms with Gasteiger partial charge in [0.1, 0.15) is 0 Å². The summed E-state index contributed by atoms with van der Waals surface area (Å²) in [7, 11) is 0. The van der Waals surface area contributed by atoms with Crippen LogP contribution >= 0.6 is 11.8 Å². The molecule has 10 heteroatoms. The topological polar surface area (TPSA) is 72.2 Å². The van der Waals surface area contributed by atoms with Gasteiger partial charge in [-0.25, -0.2) is 8.78 Å². The number of aromatic nitrogens is 2. The summed E-state index contributed by atoms with van der Waals surface area (Å²) in [4.78, 5) is 24.6. The molecule has 0 saturated heterocycles. The zero-order valence-electron chi connectivity index (χ0n) is 9.22. The molecule has 0 radical (unpaired) electrons. The summed E-state index contributed by atoms with van der Waals surface area (Å²) in [6.07, 6.45) is -3.00. The Kier molecular flexibility index (Phi) is 4.92. The second kappa shape index (κ2) is 6.04. The Morgan fingerprint density at radius 2 is 2.16 bits per heavy atom. The van der Waals surface area contributed by atoms with Gasteiger partial charge in [-0.15, -0.1) is 0 Å². The number of aliphatic carboxylic acids is 1. The van der Waals surface area contributed by atoms with Crippen LogP contribution in [0.1, 0.15) is 0 Å². The van der Waals surface area contributed by atoms with Gasteiger partial charge >= 0.3 is 18.3 Å². The first-order valence-electron chi connectivity index (χ1n) is 4.80. The molecule has 0 spiro atoms. The van der Waals surface area contributed by atoms with Gasteiger partial charge in [-0.2, -0.15) is 13.8 Å². The lowest BCUT2D eigenvalue weighted by Gasteiger charge is -2.18. The summed E-state index contributed by atoms with van der Waals surface area (Å²) in [5.41, 5.74) is -0.774.